The van der Waals surface area contributed by atoms with Crippen molar-refractivity contribution in [2.75, 3.05) is 13.1 Å². The van der Waals surface area contributed by atoms with E-state index in [1.165, 1.54) is 18.1 Å². The topological polar surface area (TPSA) is 73.4 Å². The number of H-pyrrole nitrogens is 1. The van der Waals surface area contributed by atoms with Gasteiger partial charge in [0.2, 0.25) is 0 Å². The number of piperidine rings is 1. The Bertz CT molecular complexity index is 920. The van der Waals surface area contributed by atoms with Crippen LogP contribution >= 0.6 is 0 Å². The molecule has 2 aliphatic rings. The van der Waals surface area contributed by atoms with Crippen LogP contribution in [0.4, 0.5) is 0 Å². The van der Waals surface area contributed by atoms with Crippen molar-refractivity contribution in [1.82, 2.24) is 9.88 Å². The first-order valence-corrected chi connectivity index (χ1v) is 9.61. The van der Waals surface area contributed by atoms with Crippen molar-refractivity contribution in [1.29, 1.82) is 0 Å². The number of nitrogens with one attached hydrogen (secondary N) is 1. The van der Waals surface area contributed by atoms with Gasteiger partial charge in [0.15, 0.2) is 5.78 Å². The maximum Gasteiger partial charge on any atom is 0.255 e. The summed E-state index contributed by atoms with van der Waals surface area (Å²) in [5, 5.41) is 10.8. The van der Waals surface area contributed by atoms with Crippen molar-refractivity contribution in [2.24, 2.45) is 0 Å². The Morgan fingerprint density at radius 2 is 1.85 bits per heavy atom. The minimum absolute atomic E-state index is 0.0237. The third-order valence-electron chi connectivity index (χ3n) is 6.55. The number of carbonyl (C=O) groups excluding carboxylic acids is 2. The lowest BCUT2D eigenvalue weighted by atomic mass is 9.72. The summed E-state index contributed by atoms with van der Waals surface area (Å²) < 4.78 is 0. The van der Waals surface area contributed by atoms with Gasteiger partial charge in [0.1, 0.15) is 0 Å². The molecule has 1 aliphatic carbocycles. The van der Waals surface area contributed by atoms with Crippen LogP contribution in [0.5, 0.6) is 0 Å². The highest BCUT2D eigenvalue weighted by atomic mass is 16.3. The molecule has 5 heteroatoms. The lowest BCUT2D eigenvalue weighted by Gasteiger charge is -2.42. The van der Waals surface area contributed by atoms with Gasteiger partial charge in [0.05, 0.1) is 17.4 Å². The number of fused-ring (bicyclic) bond motifs is 2. The van der Waals surface area contributed by atoms with Gasteiger partial charge in [-0.25, -0.2) is 0 Å². The van der Waals surface area contributed by atoms with E-state index in [0.717, 1.165) is 24.1 Å². The van der Waals surface area contributed by atoms with Crippen LogP contribution in [-0.2, 0) is 11.8 Å². The van der Waals surface area contributed by atoms with E-state index in [-0.39, 0.29) is 23.2 Å². The number of aliphatic hydroxyl groups excluding tert-OH is 1. The molecule has 2 aromatic rings. The van der Waals surface area contributed by atoms with Crippen molar-refractivity contribution in [3.63, 3.8) is 0 Å². The number of nitrogens with zero attached hydrogens (tertiary/aromatic N) is 1. The van der Waals surface area contributed by atoms with Crippen LogP contribution in [0.25, 0.3) is 0 Å². The molecule has 0 radical (unpaired) electrons. The number of carbonyl (C=O) groups is 2. The largest absolute Gasteiger partial charge is 0.392 e. The zero-order valence-corrected chi connectivity index (χ0v) is 16.1. The molecule has 4 rings (SSSR count). The van der Waals surface area contributed by atoms with Gasteiger partial charge in [0.25, 0.3) is 5.91 Å². The Morgan fingerprint density at radius 1 is 1.19 bits per heavy atom. The Kier molecular flexibility index (Phi) is 4.22. The highest BCUT2D eigenvalue weighted by Gasteiger charge is 2.48. The molecule has 27 heavy (non-hydrogen) atoms. The third kappa shape index (κ3) is 2.64. The number of ketones is 1. The van der Waals surface area contributed by atoms with E-state index < -0.39 is 0 Å². The van der Waals surface area contributed by atoms with E-state index in [4.69, 9.17) is 0 Å². The fourth-order valence-corrected chi connectivity index (χ4v) is 5.06. The van der Waals surface area contributed by atoms with Crippen molar-refractivity contribution in [3.8, 4) is 0 Å². The monoisotopic (exact) mass is 366 g/mol. The first kappa shape index (κ1) is 18.0. The van der Waals surface area contributed by atoms with Crippen molar-refractivity contribution >= 4 is 11.7 Å². The van der Waals surface area contributed by atoms with E-state index >= 15 is 0 Å². The summed E-state index contributed by atoms with van der Waals surface area (Å²) in [6.07, 6.45) is 1.84. The average Bonchev–Trinajstić information content (AvgIpc) is 3.09. The van der Waals surface area contributed by atoms with Crippen LogP contribution in [-0.4, -0.2) is 45.9 Å². The molecule has 5 nitrogen and oxygen atoms in total. The molecule has 1 saturated heterocycles. The summed E-state index contributed by atoms with van der Waals surface area (Å²) in [5.74, 6) is -0.0812. The number of hydrogen-bond donors (Lipinski definition) is 2. The van der Waals surface area contributed by atoms with Gasteiger partial charge in [-0.15, -0.1) is 0 Å². The second-order valence-electron chi connectivity index (χ2n) is 8.01. The summed E-state index contributed by atoms with van der Waals surface area (Å²) in [7, 11) is 0. The normalized spacial score (nSPS) is 20.7. The predicted octanol–water partition coefficient (Wildman–Crippen LogP) is 2.93. The number of likely N-dealkylation sites (tertiary alicyclic amines) is 1. The van der Waals surface area contributed by atoms with Gasteiger partial charge in [-0.05, 0) is 49.8 Å². The number of Topliss-reactive ketones (excluding diaryl/α,β-unsaturated/α-hetero) is 1. The Balaban J connectivity index is 1.57. The molecule has 142 valence electrons. The Labute approximate surface area is 159 Å². The molecule has 2 N–H and O–H groups in total. The molecule has 1 aliphatic heterocycles. The van der Waals surface area contributed by atoms with Gasteiger partial charge < -0.3 is 15.0 Å². The molecule has 1 aromatic heterocycles. The lowest BCUT2D eigenvalue weighted by Crippen LogP contribution is -2.49. The number of aryl methyl sites for hydroxylation is 1. The van der Waals surface area contributed by atoms with Crippen LogP contribution in [0.3, 0.4) is 0 Å². The van der Waals surface area contributed by atoms with Gasteiger partial charge in [0, 0.05) is 31.1 Å². The standard InChI is InChI=1S/C22H26N2O3/c1-13-19(14(2)23-20(13)15(3)25)21(27)24-10-8-22(9-11-24)17-7-5-4-6-16(17)12-18(22)26/h4-7,18,23,26H,8-12H2,1-3H3. The second kappa shape index (κ2) is 6.34. The first-order chi connectivity index (χ1) is 12.8. The van der Waals surface area contributed by atoms with Gasteiger partial charge >= 0.3 is 0 Å². The van der Waals surface area contributed by atoms with E-state index in [9.17, 15) is 14.7 Å². The van der Waals surface area contributed by atoms with Crippen LogP contribution < -0.4 is 0 Å². The summed E-state index contributed by atoms with van der Waals surface area (Å²) in [6, 6.07) is 8.28. The summed E-state index contributed by atoms with van der Waals surface area (Å²) in [6.45, 7) is 6.41. The highest BCUT2D eigenvalue weighted by molar-refractivity contribution is 6.02. The minimum atomic E-state index is -0.382. The smallest absolute Gasteiger partial charge is 0.255 e. The molecular weight excluding hydrogens is 340 g/mol. The molecule has 0 saturated carbocycles. The SMILES string of the molecule is CC(=O)c1[nH]c(C)c(C(=O)N2CCC3(CC2)c2ccccc2CC3O)c1C. The van der Waals surface area contributed by atoms with E-state index in [0.29, 0.717) is 30.8 Å². The number of rotatable bonds is 2. The summed E-state index contributed by atoms with van der Waals surface area (Å²) >= 11 is 0. The van der Waals surface area contributed by atoms with E-state index in [1.54, 1.807) is 0 Å². The zero-order valence-electron chi connectivity index (χ0n) is 16.1. The maximum absolute atomic E-state index is 13.1. The number of amides is 1. The first-order valence-electron chi connectivity index (χ1n) is 9.61. The van der Waals surface area contributed by atoms with Crippen LogP contribution in [0, 0.1) is 13.8 Å². The van der Waals surface area contributed by atoms with Gasteiger partial charge in [-0.3, -0.25) is 9.59 Å². The molecule has 2 heterocycles. The molecule has 0 bridgehead atoms. The number of aromatic amines is 1. The predicted molar refractivity (Wildman–Crippen MR) is 103 cm³/mol. The third-order valence-corrected chi connectivity index (χ3v) is 6.55. The lowest BCUT2D eigenvalue weighted by molar-refractivity contribution is 0.0365. The van der Waals surface area contributed by atoms with Gasteiger partial charge in [-0.1, -0.05) is 24.3 Å². The fraction of sp³-hybridized carbons (Fsp3) is 0.455. The number of benzene rings is 1. The molecule has 1 atom stereocenters. The van der Waals surface area contributed by atoms with Crippen LogP contribution in [0.2, 0.25) is 0 Å². The molecule has 1 aromatic carbocycles. The molecular formula is C22H26N2O3. The minimum Gasteiger partial charge on any atom is -0.392 e. The number of aliphatic hydroxyl groups is 1. The number of aromatic nitrogens is 1. The quantitative estimate of drug-likeness (QED) is 0.803. The number of hydrogen-bond acceptors (Lipinski definition) is 3. The summed E-state index contributed by atoms with van der Waals surface area (Å²) in [4.78, 5) is 29.8. The maximum atomic E-state index is 13.1. The van der Waals surface area contributed by atoms with Crippen LogP contribution in [0.15, 0.2) is 24.3 Å². The fourth-order valence-electron chi connectivity index (χ4n) is 5.06. The van der Waals surface area contributed by atoms with E-state index in [1.807, 2.05) is 30.9 Å². The van der Waals surface area contributed by atoms with E-state index in [2.05, 4.69) is 17.1 Å². The molecule has 1 amide bonds. The molecule has 1 spiro atoms. The Hall–Kier alpha value is -2.40. The van der Waals surface area contributed by atoms with Crippen molar-refractivity contribution in [3.05, 3.63) is 57.9 Å². The van der Waals surface area contributed by atoms with Crippen molar-refractivity contribution in [2.45, 2.75) is 51.6 Å². The zero-order chi connectivity index (χ0) is 19.3. The van der Waals surface area contributed by atoms with Gasteiger partial charge in [-0.2, -0.15) is 0 Å². The Morgan fingerprint density at radius 3 is 2.48 bits per heavy atom. The highest BCUT2D eigenvalue weighted by Crippen LogP contribution is 2.46. The second-order valence-corrected chi connectivity index (χ2v) is 8.01. The summed E-state index contributed by atoms with van der Waals surface area (Å²) in [5.41, 5.74) is 4.85. The van der Waals surface area contributed by atoms with Crippen LogP contribution in [0.1, 0.15) is 63.0 Å². The van der Waals surface area contributed by atoms with Crippen molar-refractivity contribution < 1.29 is 14.7 Å². The molecule has 1 unspecified atom stereocenters. The molecule has 1 fully saturated rings. The average molecular weight is 366 g/mol.